The molecule has 1 aromatic carbocycles. The summed E-state index contributed by atoms with van der Waals surface area (Å²) in [5, 5.41) is 3.40. The fourth-order valence-corrected chi connectivity index (χ4v) is 3.42. The molecule has 1 atom stereocenters. The second-order valence-electron chi connectivity index (χ2n) is 5.37. The second kappa shape index (κ2) is 5.13. The molecule has 102 valence electrons. The minimum Gasteiger partial charge on any atom is -0.313 e. The maximum atomic E-state index is 11.3. The van der Waals surface area contributed by atoms with Crippen LogP contribution in [-0.4, -0.2) is 17.0 Å². The van der Waals surface area contributed by atoms with Gasteiger partial charge in [-0.05, 0) is 37.1 Å². The Morgan fingerprint density at radius 2 is 2.05 bits per heavy atom. The number of fused-ring (bicyclic) bond motifs is 1. The van der Waals surface area contributed by atoms with E-state index >= 15 is 0 Å². The van der Waals surface area contributed by atoms with Crippen molar-refractivity contribution in [1.29, 1.82) is 0 Å². The van der Waals surface area contributed by atoms with Crippen molar-refractivity contribution in [2.24, 2.45) is 5.92 Å². The van der Waals surface area contributed by atoms with Crippen LogP contribution in [0.4, 0.5) is 0 Å². The van der Waals surface area contributed by atoms with E-state index in [1.807, 2.05) is 13.1 Å². The summed E-state index contributed by atoms with van der Waals surface area (Å²) in [6.07, 6.45) is 5.22. The summed E-state index contributed by atoms with van der Waals surface area (Å²) in [5.74, 6) is 0.838. The van der Waals surface area contributed by atoms with Gasteiger partial charge in [-0.1, -0.05) is 35.2 Å². The number of aromatic amines is 2. The first kappa shape index (κ1) is 12.9. The molecular weight excluding hydrogens is 306 g/mol. The van der Waals surface area contributed by atoms with Crippen LogP contribution in [0.5, 0.6) is 0 Å². The van der Waals surface area contributed by atoms with Crippen LogP contribution in [0.2, 0.25) is 0 Å². The number of imidazole rings is 1. The molecule has 0 spiro atoms. The number of H-pyrrole nitrogens is 2. The third-order valence-corrected chi connectivity index (χ3v) is 4.84. The summed E-state index contributed by atoms with van der Waals surface area (Å²) >= 11 is 3.62. The number of aromatic nitrogens is 2. The molecule has 1 aliphatic carbocycles. The van der Waals surface area contributed by atoms with Gasteiger partial charge in [-0.2, -0.15) is 0 Å². The maximum absolute atomic E-state index is 11.3. The zero-order chi connectivity index (χ0) is 13.4. The van der Waals surface area contributed by atoms with E-state index in [4.69, 9.17) is 0 Å². The number of rotatable bonds is 4. The van der Waals surface area contributed by atoms with Crippen molar-refractivity contribution in [2.45, 2.75) is 31.7 Å². The molecule has 0 saturated heterocycles. The van der Waals surface area contributed by atoms with E-state index < -0.39 is 0 Å². The van der Waals surface area contributed by atoms with Crippen molar-refractivity contribution in [1.82, 2.24) is 15.3 Å². The first-order chi connectivity index (χ1) is 9.17. The molecule has 0 radical (unpaired) electrons. The topological polar surface area (TPSA) is 60.7 Å². The average molecular weight is 324 g/mol. The third kappa shape index (κ3) is 2.49. The molecule has 3 N–H and O–H groups in total. The van der Waals surface area contributed by atoms with Crippen LogP contribution < -0.4 is 11.0 Å². The summed E-state index contributed by atoms with van der Waals surface area (Å²) in [6.45, 7) is 0. The number of hydrogen-bond donors (Lipinski definition) is 3. The molecule has 1 unspecified atom stereocenters. The van der Waals surface area contributed by atoms with Crippen LogP contribution in [0.3, 0.4) is 0 Å². The van der Waals surface area contributed by atoms with Gasteiger partial charge in [-0.25, -0.2) is 4.79 Å². The fourth-order valence-electron chi connectivity index (χ4n) is 2.80. The van der Waals surface area contributed by atoms with Gasteiger partial charge in [0.15, 0.2) is 0 Å². The molecule has 3 rings (SSSR count). The van der Waals surface area contributed by atoms with Gasteiger partial charge in [0.25, 0.3) is 0 Å². The predicted molar refractivity (Wildman–Crippen MR) is 80.4 cm³/mol. The van der Waals surface area contributed by atoms with Crippen molar-refractivity contribution in [3.05, 3.63) is 32.7 Å². The molecule has 19 heavy (non-hydrogen) atoms. The summed E-state index contributed by atoms with van der Waals surface area (Å²) in [4.78, 5) is 17.0. The number of halogens is 1. The van der Waals surface area contributed by atoms with Crippen LogP contribution in [0.25, 0.3) is 11.0 Å². The van der Waals surface area contributed by atoms with Gasteiger partial charge in [0.1, 0.15) is 0 Å². The monoisotopic (exact) mass is 323 g/mol. The Labute approximate surface area is 120 Å². The average Bonchev–Trinajstić information content (AvgIpc) is 2.67. The maximum Gasteiger partial charge on any atom is 0.323 e. The molecular formula is C14H18BrN3O. The Balaban J connectivity index is 1.96. The van der Waals surface area contributed by atoms with Crippen molar-refractivity contribution in [3.8, 4) is 0 Å². The lowest BCUT2D eigenvalue weighted by Gasteiger charge is -2.30. The fraction of sp³-hybridized carbons (Fsp3) is 0.500. The Hall–Kier alpha value is -1.07. The van der Waals surface area contributed by atoms with Crippen LogP contribution in [0.1, 0.15) is 37.3 Å². The Morgan fingerprint density at radius 3 is 2.63 bits per heavy atom. The van der Waals surface area contributed by atoms with Crippen LogP contribution in [-0.2, 0) is 0 Å². The normalized spacial score (nSPS) is 17.6. The van der Waals surface area contributed by atoms with E-state index in [0.29, 0.717) is 6.04 Å². The molecule has 1 saturated carbocycles. The van der Waals surface area contributed by atoms with E-state index in [0.717, 1.165) is 27.8 Å². The van der Waals surface area contributed by atoms with Crippen molar-refractivity contribution >= 4 is 27.0 Å². The largest absolute Gasteiger partial charge is 0.323 e. The highest BCUT2D eigenvalue weighted by Crippen LogP contribution is 2.37. The first-order valence-electron chi connectivity index (χ1n) is 6.76. The van der Waals surface area contributed by atoms with Gasteiger partial charge in [0.05, 0.1) is 11.0 Å². The molecule has 0 amide bonds. The third-order valence-electron chi connectivity index (χ3n) is 4.15. The molecule has 0 bridgehead atoms. The Bertz CT molecular complexity index is 642. The zero-order valence-electron chi connectivity index (χ0n) is 10.9. The Kier molecular flexibility index (Phi) is 3.50. The standard InChI is InChI=1S/C14H18BrN3O/c1-16-11(5-8-3-2-4-8)9-6-12-13(7-10(9)15)18-14(19)17-12/h6-8,11,16H,2-5H2,1H3,(H2,17,18,19). The van der Waals surface area contributed by atoms with Gasteiger partial charge in [-0.15, -0.1) is 0 Å². The lowest BCUT2D eigenvalue weighted by Crippen LogP contribution is -2.23. The van der Waals surface area contributed by atoms with E-state index in [1.165, 1.54) is 24.8 Å². The van der Waals surface area contributed by atoms with Crippen LogP contribution in [0.15, 0.2) is 21.4 Å². The molecule has 1 fully saturated rings. The number of hydrogen-bond acceptors (Lipinski definition) is 2. The second-order valence-corrected chi connectivity index (χ2v) is 6.23. The van der Waals surface area contributed by atoms with Gasteiger partial charge < -0.3 is 15.3 Å². The minimum absolute atomic E-state index is 0.154. The molecule has 4 nitrogen and oxygen atoms in total. The number of nitrogens with one attached hydrogen (secondary N) is 3. The van der Waals surface area contributed by atoms with Gasteiger partial charge in [-0.3, -0.25) is 0 Å². The van der Waals surface area contributed by atoms with Gasteiger partial charge >= 0.3 is 5.69 Å². The van der Waals surface area contributed by atoms with E-state index in [1.54, 1.807) is 0 Å². The lowest BCUT2D eigenvalue weighted by molar-refractivity contribution is 0.265. The molecule has 2 aromatic rings. The molecule has 5 heteroatoms. The summed E-state index contributed by atoms with van der Waals surface area (Å²) in [5.41, 5.74) is 2.78. The zero-order valence-corrected chi connectivity index (χ0v) is 12.5. The highest BCUT2D eigenvalue weighted by Gasteiger charge is 2.23. The minimum atomic E-state index is -0.154. The highest BCUT2D eigenvalue weighted by atomic mass is 79.9. The summed E-state index contributed by atoms with van der Waals surface area (Å²) < 4.78 is 1.05. The van der Waals surface area contributed by atoms with E-state index in [-0.39, 0.29) is 5.69 Å². The quantitative estimate of drug-likeness (QED) is 0.809. The molecule has 1 aromatic heterocycles. The predicted octanol–water partition coefficient (Wildman–Crippen LogP) is 3.07. The molecule has 0 aliphatic heterocycles. The smallest absolute Gasteiger partial charge is 0.313 e. The van der Waals surface area contributed by atoms with Crippen molar-refractivity contribution < 1.29 is 0 Å². The molecule has 1 heterocycles. The first-order valence-corrected chi connectivity index (χ1v) is 7.55. The van der Waals surface area contributed by atoms with Crippen LogP contribution in [0, 0.1) is 5.92 Å². The summed E-state index contributed by atoms with van der Waals surface area (Å²) in [7, 11) is 2.00. The Morgan fingerprint density at radius 1 is 1.37 bits per heavy atom. The van der Waals surface area contributed by atoms with Crippen LogP contribution >= 0.6 is 15.9 Å². The van der Waals surface area contributed by atoms with E-state index in [9.17, 15) is 4.79 Å². The van der Waals surface area contributed by atoms with Gasteiger partial charge in [0, 0.05) is 10.5 Å². The van der Waals surface area contributed by atoms with Gasteiger partial charge in [0.2, 0.25) is 0 Å². The summed E-state index contributed by atoms with van der Waals surface area (Å²) in [6, 6.07) is 4.38. The SMILES string of the molecule is CNC(CC1CCC1)c1cc2[nH]c(=O)[nH]c2cc1Br. The van der Waals surface area contributed by atoms with Crippen molar-refractivity contribution in [2.75, 3.05) is 7.05 Å². The highest BCUT2D eigenvalue weighted by molar-refractivity contribution is 9.10. The molecule has 1 aliphatic rings. The number of benzene rings is 1. The van der Waals surface area contributed by atoms with Crippen molar-refractivity contribution in [3.63, 3.8) is 0 Å². The van der Waals surface area contributed by atoms with E-state index in [2.05, 4.69) is 37.3 Å². The lowest BCUT2D eigenvalue weighted by atomic mass is 9.79.